The fourth-order valence-corrected chi connectivity index (χ4v) is 3.69. The number of nitrogens with zero attached hydrogens (tertiary/aromatic N) is 1. The van der Waals surface area contributed by atoms with E-state index in [0.29, 0.717) is 36.8 Å². The minimum Gasteiger partial charge on any atom is -0.486 e. The van der Waals surface area contributed by atoms with Gasteiger partial charge in [0.15, 0.2) is 11.5 Å². The number of halogens is 1. The van der Waals surface area contributed by atoms with Gasteiger partial charge in [0.2, 0.25) is 0 Å². The number of rotatable bonds is 3. The van der Waals surface area contributed by atoms with Crippen LogP contribution in [0.5, 0.6) is 11.5 Å². The quantitative estimate of drug-likeness (QED) is 0.832. The number of carbonyl (C=O) groups is 1. The summed E-state index contributed by atoms with van der Waals surface area (Å²) in [6.07, 6.45) is 0. The van der Waals surface area contributed by atoms with E-state index in [1.165, 1.54) is 0 Å². The molecule has 0 saturated carbocycles. The lowest BCUT2D eigenvalue weighted by Crippen LogP contribution is -2.27. The van der Waals surface area contributed by atoms with Gasteiger partial charge in [-0.2, -0.15) is 0 Å². The first kappa shape index (κ1) is 14.4. The van der Waals surface area contributed by atoms with Crippen molar-refractivity contribution in [2.24, 2.45) is 0 Å². The number of benzene rings is 1. The van der Waals surface area contributed by atoms with Gasteiger partial charge in [-0.3, -0.25) is 4.79 Å². The van der Waals surface area contributed by atoms with E-state index in [2.05, 4.69) is 15.9 Å². The standard InChI is InChI=1S/C15H14BrNO3S/c1-17(8-11-7-10(16)9-21-11)15(18)12-3-2-4-13-14(12)20-6-5-19-13/h2-4,7,9H,5-6,8H2,1H3. The monoisotopic (exact) mass is 367 g/mol. The molecule has 3 rings (SSSR count). The molecule has 1 aromatic heterocycles. The first-order valence-corrected chi connectivity index (χ1v) is 8.19. The molecule has 21 heavy (non-hydrogen) atoms. The van der Waals surface area contributed by atoms with Crippen LogP contribution in [0.25, 0.3) is 0 Å². The van der Waals surface area contributed by atoms with Crippen molar-refractivity contribution in [3.05, 3.63) is 44.6 Å². The van der Waals surface area contributed by atoms with Crippen molar-refractivity contribution >= 4 is 33.2 Å². The number of amides is 1. The Morgan fingerprint density at radius 2 is 2.19 bits per heavy atom. The highest BCUT2D eigenvalue weighted by Gasteiger charge is 2.22. The Balaban J connectivity index is 1.81. The SMILES string of the molecule is CN(Cc1cc(Br)cs1)C(=O)c1cccc2c1OCCO2. The molecule has 1 aliphatic rings. The molecule has 0 spiro atoms. The second kappa shape index (κ2) is 6.07. The number of carbonyl (C=O) groups excluding carboxylic acids is 1. The molecule has 110 valence electrons. The molecular formula is C15H14BrNO3S. The summed E-state index contributed by atoms with van der Waals surface area (Å²) in [7, 11) is 1.79. The molecule has 1 aromatic carbocycles. The molecule has 4 nitrogen and oxygen atoms in total. The van der Waals surface area contributed by atoms with Crippen LogP contribution < -0.4 is 9.47 Å². The maximum Gasteiger partial charge on any atom is 0.257 e. The lowest BCUT2D eigenvalue weighted by atomic mass is 10.1. The molecule has 0 saturated heterocycles. The third-order valence-electron chi connectivity index (χ3n) is 3.16. The summed E-state index contributed by atoms with van der Waals surface area (Å²) in [6, 6.07) is 7.43. The summed E-state index contributed by atoms with van der Waals surface area (Å²) in [4.78, 5) is 15.4. The second-order valence-electron chi connectivity index (χ2n) is 4.72. The topological polar surface area (TPSA) is 38.8 Å². The molecule has 6 heteroatoms. The number of thiophene rings is 1. The van der Waals surface area contributed by atoms with Crippen molar-refractivity contribution in [3.8, 4) is 11.5 Å². The van der Waals surface area contributed by atoms with Crippen molar-refractivity contribution in [1.29, 1.82) is 0 Å². The van der Waals surface area contributed by atoms with Crippen LogP contribution in [-0.4, -0.2) is 31.1 Å². The van der Waals surface area contributed by atoms with Crippen molar-refractivity contribution in [1.82, 2.24) is 4.90 Å². The number of hydrogen-bond donors (Lipinski definition) is 0. The average Bonchev–Trinajstić information content (AvgIpc) is 2.91. The molecule has 0 fully saturated rings. The predicted molar refractivity (Wildman–Crippen MR) is 85.2 cm³/mol. The van der Waals surface area contributed by atoms with Crippen LogP contribution in [0.1, 0.15) is 15.2 Å². The highest BCUT2D eigenvalue weighted by molar-refractivity contribution is 9.10. The zero-order valence-electron chi connectivity index (χ0n) is 11.5. The lowest BCUT2D eigenvalue weighted by Gasteiger charge is -2.23. The van der Waals surface area contributed by atoms with E-state index in [1.54, 1.807) is 29.4 Å². The van der Waals surface area contributed by atoms with E-state index >= 15 is 0 Å². The molecule has 1 aliphatic heterocycles. The minimum atomic E-state index is -0.0677. The van der Waals surface area contributed by atoms with Crippen LogP contribution in [-0.2, 0) is 6.54 Å². The Morgan fingerprint density at radius 3 is 2.95 bits per heavy atom. The normalized spacial score (nSPS) is 13.0. The van der Waals surface area contributed by atoms with Gasteiger partial charge in [0.25, 0.3) is 5.91 Å². The zero-order valence-corrected chi connectivity index (χ0v) is 13.9. The van der Waals surface area contributed by atoms with Crippen molar-refractivity contribution in [2.75, 3.05) is 20.3 Å². The Labute approximate surface area is 135 Å². The molecule has 0 aliphatic carbocycles. The smallest absolute Gasteiger partial charge is 0.257 e. The van der Waals surface area contributed by atoms with Gasteiger partial charge in [-0.1, -0.05) is 6.07 Å². The Kier molecular flexibility index (Phi) is 4.17. The molecule has 0 radical (unpaired) electrons. The van der Waals surface area contributed by atoms with Crippen LogP contribution in [0.3, 0.4) is 0 Å². The van der Waals surface area contributed by atoms with Crippen molar-refractivity contribution < 1.29 is 14.3 Å². The van der Waals surface area contributed by atoms with E-state index in [1.807, 2.05) is 23.6 Å². The molecule has 0 bridgehead atoms. The summed E-state index contributed by atoms with van der Waals surface area (Å²) >= 11 is 5.05. The average molecular weight is 368 g/mol. The van der Waals surface area contributed by atoms with Crippen LogP contribution in [0, 0.1) is 0 Å². The summed E-state index contributed by atoms with van der Waals surface area (Å²) in [6.45, 7) is 1.56. The Hall–Kier alpha value is -1.53. The van der Waals surface area contributed by atoms with Gasteiger partial charge >= 0.3 is 0 Å². The van der Waals surface area contributed by atoms with E-state index in [0.717, 1.165) is 9.35 Å². The van der Waals surface area contributed by atoms with Gasteiger partial charge < -0.3 is 14.4 Å². The first-order chi connectivity index (χ1) is 10.1. The van der Waals surface area contributed by atoms with Gasteiger partial charge in [0.05, 0.1) is 12.1 Å². The maximum atomic E-state index is 12.6. The van der Waals surface area contributed by atoms with Crippen molar-refractivity contribution in [2.45, 2.75) is 6.54 Å². The molecule has 2 aromatic rings. The first-order valence-electron chi connectivity index (χ1n) is 6.52. The molecule has 0 atom stereocenters. The lowest BCUT2D eigenvalue weighted by molar-refractivity contribution is 0.0775. The van der Waals surface area contributed by atoms with Gasteiger partial charge in [0, 0.05) is 21.8 Å². The highest BCUT2D eigenvalue weighted by Crippen LogP contribution is 2.34. The number of fused-ring (bicyclic) bond motifs is 1. The summed E-state index contributed by atoms with van der Waals surface area (Å²) < 4.78 is 12.2. The van der Waals surface area contributed by atoms with Crippen molar-refractivity contribution in [3.63, 3.8) is 0 Å². The Morgan fingerprint density at radius 1 is 1.38 bits per heavy atom. The fourth-order valence-electron chi connectivity index (χ4n) is 2.19. The van der Waals surface area contributed by atoms with Gasteiger partial charge in [-0.05, 0) is 34.1 Å². The van der Waals surface area contributed by atoms with Crippen LogP contribution in [0.15, 0.2) is 34.1 Å². The summed E-state index contributed by atoms with van der Waals surface area (Å²) in [5, 5.41) is 2.01. The zero-order chi connectivity index (χ0) is 14.8. The molecule has 0 unspecified atom stereocenters. The van der Waals surface area contributed by atoms with Gasteiger partial charge in [-0.25, -0.2) is 0 Å². The van der Waals surface area contributed by atoms with Gasteiger partial charge in [-0.15, -0.1) is 11.3 Å². The van der Waals surface area contributed by atoms with Gasteiger partial charge in [0.1, 0.15) is 13.2 Å². The van der Waals surface area contributed by atoms with E-state index < -0.39 is 0 Å². The molecule has 0 N–H and O–H groups in total. The van der Waals surface area contributed by atoms with Crippen LogP contribution in [0.2, 0.25) is 0 Å². The maximum absolute atomic E-state index is 12.6. The molecular weight excluding hydrogens is 354 g/mol. The van der Waals surface area contributed by atoms with E-state index in [9.17, 15) is 4.79 Å². The number of para-hydroxylation sites is 1. The minimum absolute atomic E-state index is 0.0677. The molecule has 2 heterocycles. The molecule has 1 amide bonds. The third kappa shape index (κ3) is 3.06. The predicted octanol–water partition coefficient (Wildman–Crippen LogP) is 3.55. The number of ether oxygens (including phenoxy) is 2. The second-order valence-corrected chi connectivity index (χ2v) is 6.63. The van der Waals surface area contributed by atoms with E-state index in [-0.39, 0.29) is 5.91 Å². The fraction of sp³-hybridized carbons (Fsp3) is 0.267. The third-order valence-corrected chi connectivity index (χ3v) is 4.84. The summed E-state index contributed by atoms with van der Waals surface area (Å²) in [5.41, 5.74) is 0.547. The van der Waals surface area contributed by atoms with Crippen LogP contribution >= 0.6 is 27.3 Å². The highest BCUT2D eigenvalue weighted by atomic mass is 79.9. The van der Waals surface area contributed by atoms with Crippen LogP contribution in [0.4, 0.5) is 0 Å². The Bertz CT molecular complexity index is 671. The van der Waals surface area contributed by atoms with E-state index in [4.69, 9.17) is 9.47 Å². The largest absolute Gasteiger partial charge is 0.486 e. The summed E-state index contributed by atoms with van der Waals surface area (Å²) in [5.74, 6) is 1.12. The number of hydrogen-bond acceptors (Lipinski definition) is 4.